The van der Waals surface area contributed by atoms with Crippen molar-refractivity contribution in [2.45, 2.75) is 6.92 Å². The number of rotatable bonds is 4. The summed E-state index contributed by atoms with van der Waals surface area (Å²) in [6.07, 6.45) is 3.00. The molecule has 3 N–H and O–H groups in total. The van der Waals surface area contributed by atoms with Crippen LogP contribution in [0, 0.1) is 6.92 Å². The van der Waals surface area contributed by atoms with Gasteiger partial charge in [-0.2, -0.15) is 0 Å². The minimum atomic E-state index is -0.384. The maximum absolute atomic E-state index is 11.9. The van der Waals surface area contributed by atoms with Crippen LogP contribution in [0.4, 0.5) is 5.69 Å². The van der Waals surface area contributed by atoms with Gasteiger partial charge in [0.2, 0.25) is 5.91 Å². The lowest BCUT2D eigenvalue weighted by molar-refractivity contribution is -0.115. The van der Waals surface area contributed by atoms with Crippen molar-refractivity contribution in [2.75, 3.05) is 12.4 Å². The fraction of sp³-hybridized carbons (Fsp3) is 0.111. The van der Waals surface area contributed by atoms with Crippen LogP contribution >= 0.6 is 12.2 Å². The second-order valence-corrected chi connectivity index (χ2v) is 5.45. The van der Waals surface area contributed by atoms with Crippen molar-refractivity contribution >= 4 is 35.0 Å². The molecule has 5 nitrogen and oxygen atoms in total. The molecule has 24 heavy (non-hydrogen) atoms. The highest BCUT2D eigenvalue weighted by Gasteiger charge is 2.06. The van der Waals surface area contributed by atoms with E-state index >= 15 is 0 Å². The number of carbonyl (C=O) groups excluding carboxylic acids is 1. The summed E-state index contributed by atoms with van der Waals surface area (Å²) in [5.74, 6) is 0.347. The lowest BCUT2D eigenvalue weighted by Gasteiger charge is -2.10. The maximum atomic E-state index is 11.9. The zero-order valence-electron chi connectivity index (χ0n) is 13.4. The van der Waals surface area contributed by atoms with Gasteiger partial charge in [-0.1, -0.05) is 24.3 Å². The smallest absolute Gasteiger partial charge is 0.250 e. The van der Waals surface area contributed by atoms with E-state index in [-0.39, 0.29) is 16.8 Å². The molecule has 2 rings (SSSR count). The third-order valence-corrected chi connectivity index (χ3v) is 3.39. The molecular weight excluding hydrogens is 324 g/mol. The minimum absolute atomic E-state index is 0.0572. The molecule has 0 saturated carbocycles. The average Bonchev–Trinajstić information content (AvgIpc) is 2.56. The first-order chi connectivity index (χ1) is 11.5. The summed E-state index contributed by atoms with van der Waals surface area (Å²) >= 11 is 5.08. The van der Waals surface area contributed by atoms with E-state index in [1.807, 2.05) is 31.2 Å². The number of aryl methyl sites for hydroxylation is 1. The number of para-hydroxylation sites is 1. The molecule has 0 unspecified atom stereocenters. The fourth-order valence-corrected chi connectivity index (χ4v) is 2.24. The molecule has 0 spiro atoms. The van der Waals surface area contributed by atoms with Crippen LogP contribution in [0.3, 0.4) is 0 Å². The highest BCUT2D eigenvalue weighted by molar-refractivity contribution is 7.80. The van der Waals surface area contributed by atoms with Gasteiger partial charge in [0.1, 0.15) is 11.5 Å². The number of amides is 1. The number of hydrogen-bond acceptors (Lipinski definition) is 4. The molecule has 0 aliphatic heterocycles. The first kappa shape index (κ1) is 17.5. The van der Waals surface area contributed by atoms with E-state index in [9.17, 15) is 9.90 Å². The van der Waals surface area contributed by atoms with E-state index in [4.69, 9.17) is 17.0 Å². The molecule has 2 aromatic carbocycles. The van der Waals surface area contributed by atoms with Gasteiger partial charge >= 0.3 is 0 Å². The van der Waals surface area contributed by atoms with Crippen LogP contribution in [0.25, 0.3) is 6.08 Å². The Morgan fingerprint density at radius 1 is 1.25 bits per heavy atom. The van der Waals surface area contributed by atoms with Crippen LogP contribution in [-0.4, -0.2) is 23.2 Å². The van der Waals surface area contributed by atoms with E-state index in [1.54, 1.807) is 31.4 Å². The number of anilines is 1. The van der Waals surface area contributed by atoms with Gasteiger partial charge in [-0.25, -0.2) is 0 Å². The number of ether oxygens (including phenoxy) is 1. The van der Waals surface area contributed by atoms with Gasteiger partial charge in [-0.15, -0.1) is 0 Å². The van der Waals surface area contributed by atoms with Gasteiger partial charge in [0, 0.05) is 11.6 Å². The molecule has 0 aliphatic carbocycles. The Morgan fingerprint density at radius 2 is 2.00 bits per heavy atom. The normalized spacial score (nSPS) is 10.4. The van der Waals surface area contributed by atoms with Gasteiger partial charge in [-0.05, 0) is 49.0 Å². The number of benzene rings is 2. The van der Waals surface area contributed by atoms with E-state index in [2.05, 4.69) is 10.6 Å². The van der Waals surface area contributed by atoms with Crippen LogP contribution in [0.15, 0.2) is 48.5 Å². The zero-order valence-corrected chi connectivity index (χ0v) is 14.2. The van der Waals surface area contributed by atoms with Gasteiger partial charge in [0.05, 0.1) is 12.8 Å². The van der Waals surface area contributed by atoms with Crippen molar-refractivity contribution in [3.8, 4) is 11.5 Å². The molecule has 124 valence electrons. The number of methoxy groups -OCH3 is 1. The summed E-state index contributed by atoms with van der Waals surface area (Å²) < 4.78 is 5.21. The summed E-state index contributed by atoms with van der Waals surface area (Å²) in [7, 11) is 1.57. The van der Waals surface area contributed by atoms with Crippen molar-refractivity contribution in [3.05, 3.63) is 59.7 Å². The molecule has 0 radical (unpaired) electrons. The number of phenols is 1. The highest BCUT2D eigenvalue weighted by Crippen LogP contribution is 2.23. The zero-order chi connectivity index (χ0) is 17.5. The van der Waals surface area contributed by atoms with Gasteiger partial charge in [0.25, 0.3) is 0 Å². The third kappa shape index (κ3) is 4.82. The fourth-order valence-electron chi connectivity index (χ4n) is 2.03. The molecule has 0 atom stereocenters. The van der Waals surface area contributed by atoms with Crippen molar-refractivity contribution in [3.63, 3.8) is 0 Å². The first-order valence-corrected chi connectivity index (χ1v) is 7.63. The van der Waals surface area contributed by atoms with Crippen molar-refractivity contribution < 1.29 is 14.6 Å². The molecule has 6 heteroatoms. The van der Waals surface area contributed by atoms with Crippen LogP contribution in [-0.2, 0) is 4.79 Å². The lowest BCUT2D eigenvalue weighted by Crippen LogP contribution is -2.32. The Hall–Kier alpha value is -2.86. The quantitative estimate of drug-likeness (QED) is 0.452. The van der Waals surface area contributed by atoms with Crippen molar-refractivity contribution in [1.29, 1.82) is 0 Å². The SMILES string of the molecule is COc1ccccc1C=CC(=O)NC(=S)Nc1cc(C)ccc1O. The van der Waals surface area contributed by atoms with E-state index in [1.165, 1.54) is 6.08 Å². The molecular formula is C18H18N2O3S. The number of nitrogens with one attached hydrogen (secondary N) is 2. The van der Waals surface area contributed by atoms with Crippen molar-refractivity contribution in [1.82, 2.24) is 5.32 Å². The second-order valence-electron chi connectivity index (χ2n) is 5.04. The Kier molecular flexibility index (Phi) is 5.92. The monoisotopic (exact) mass is 342 g/mol. The van der Waals surface area contributed by atoms with Gasteiger partial charge < -0.3 is 15.2 Å². The number of thiocarbonyl (C=S) groups is 1. The topological polar surface area (TPSA) is 70.6 Å². The molecule has 0 fully saturated rings. The van der Waals surface area contributed by atoms with Crippen LogP contribution in [0.2, 0.25) is 0 Å². The summed E-state index contributed by atoms with van der Waals surface area (Å²) in [5, 5.41) is 15.2. The Morgan fingerprint density at radius 3 is 2.75 bits per heavy atom. The van der Waals surface area contributed by atoms with Gasteiger partial charge in [-0.3, -0.25) is 10.1 Å². The van der Waals surface area contributed by atoms with E-state index in [0.29, 0.717) is 11.4 Å². The largest absolute Gasteiger partial charge is 0.506 e. The molecule has 0 saturated heterocycles. The molecule has 0 aliphatic rings. The molecule has 2 aromatic rings. The maximum Gasteiger partial charge on any atom is 0.250 e. The number of hydrogen-bond donors (Lipinski definition) is 3. The molecule has 0 bridgehead atoms. The van der Waals surface area contributed by atoms with Gasteiger partial charge in [0.15, 0.2) is 5.11 Å². The van der Waals surface area contributed by atoms with Crippen LogP contribution in [0.1, 0.15) is 11.1 Å². The average molecular weight is 342 g/mol. The second kappa shape index (κ2) is 8.12. The predicted octanol–water partition coefficient (Wildman–Crippen LogP) is 3.24. The van der Waals surface area contributed by atoms with E-state index in [0.717, 1.165) is 11.1 Å². The van der Waals surface area contributed by atoms with Crippen LogP contribution < -0.4 is 15.4 Å². The molecule has 0 aromatic heterocycles. The Labute approximate surface area is 146 Å². The Bertz CT molecular complexity index is 788. The van der Waals surface area contributed by atoms with E-state index < -0.39 is 0 Å². The number of carbonyl (C=O) groups is 1. The van der Waals surface area contributed by atoms with Crippen molar-refractivity contribution in [2.24, 2.45) is 0 Å². The molecule has 1 amide bonds. The standard InChI is InChI=1S/C18H18N2O3S/c1-12-7-9-15(21)14(11-12)19-18(24)20-17(22)10-8-13-5-3-4-6-16(13)23-2/h3-11,21H,1-2H3,(H2,19,20,22,24). The highest BCUT2D eigenvalue weighted by atomic mass is 32.1. The number of aromatic hydroxyl groups is 1. The summed E-state index contributed by atoms with van der Waals surface area (Å²) in [5.41, 5.74) is 2.18. The molecule has 0 heterocycles. The predicted molar refractivity (Wildman–Crippen MR) is 99.2 cm³/mol. The van der Waals surface area contributed by atoms with Crippen LogP contribution in [0.5, 0.6) is 11.5 Å². The summed E-state index contributed by atoms with van der Waals surface area (Å²) in [4.78, 5) is 11.9. The number of phenolic OH excluding ortho intramolecular Hbond substituents is 1. The minimum Gasteiger partial charge on any atom is -0.506 e. The third-order valence-electron chi connectivity index (χ3n) is 3.19. The first-order valence-electron chi connectivity index (χ1n) is 7.22. The summed E-state index contributed by atoms with van der Waals surface area (Å²) in [6.45, 7) is 1.89. The Balaban J connectivity index is 1.98. The lowest BCUT2D eigenvalue weighted by atomic mass is 10.2. The summed E-state index contributed by atoms with van der Waals surface area (Å²) in [6, 6.07) is 12.4.